The maximum Gasteiger partial charge on any atom is 0.124 e. The van der Waals surface area contributed by atoms with Gasteiger partial charge in [-0.1, -0.05) is 18.2 Å². The lowest BCUT2D eigenvalue weighted by Crippen LogP contribution is -2.56. The third-order valence-electron chi connectivity index (χ3n) is 5.24. The Labute approximate surface area is 127 Å². The summed E-state index contributed by atoms with van der Waals surface area (Å²) in [5.74, 6) is 1.05. The van der Waals surface area contributed by atoms with Gasteiger partial charge in [0.15, 0.2) is 0 Å². The molecule has 0 radical (unpaired) electrons. The van der Waals surface area contributed by atoms with Gasteiger partial charge in [-0.25, -0.2) is 0 Å². The predicted octanol–water partition coefficient (Wildman–Crippen LogP) is 1.49. The highest BCUT2D eigenvalue weighted by atomic mass is 16.5. The van der Waals surface area contributed by atoms with Crippen LogP contribution < -0.4 is 10.1 Å². The van der Waals surface area contributed by atoms with E-state index in [0.29, 0.717) is 12.1 Å². The molecule has 0 bridgehead atoms. The van der Waals surface area contributed by atoms with Crippen LogP contribution in [0, 0.1) is 0 Å². The Balaban J connectivity index is 1.48. The van der Waals surface area contributed by atoms with E-state index in [4.69, 9.17) is 4.74 Å². The second-order valence-electron chi connectivity index (χ2n) is 6.49. The molecule has 1 aromatic carbocycles. The maximum atomic E-state index is 6.01. The maximum absolute atomic E-state index is 6.01. The van der Waals surface area contributed by atoms with E-state index in [0.717, 1.165) is 18.4 Å². The van der Waals surface area contributed by atoms with E-state index in [1.807, 2.05) is 0 Å². The largest absolute Gasteiger partial charge is 0.492 e. The Morgan fingerprint density at radius 1 is 1.05 bits per heavy atom. The molecule has 2 heterocycles. The smallest absolute Gasteiger partial charge is 0.124 e. The Kier molecular flexibility index (Phi) is 3.61. The molecule has 114 valence electrons. The monoisotopic (exact) mass is 287 g/mol. The predicted molar refractivity (Wildman–Crippen MR) is 83.7 cm³/mol. The normalized spacial score (nSPS) is 30.7. The fourth-order valence-corrected chi connectivity index (χ4v) is 3.89. The van der Waals surface area contributed by atoms with Crippen LogP contribution in [-0.4, -0.2) is 61.7 Å². The molecule has 2 fully saturated rings. The number of ether oxygens (including phenoxy) is 1. The molecule has 0 aromatic heterocycles. The highest BCUT2D eigenvalue weighted by Gasteiger charge is 2.37. The molecule has 1 saturated heterocycles. The molecule has 4 rings (SSSR count). The summed E-state index contributed by atoms with van der Waals surface area (Å²) in [7, 11) is 2.07. The topological polar surface area (TPSA) is 27.7 Å². The second-order valence-corrected chi connectivity index (χ2v) is 6.49. The molecule has 1 saturated carbocycles. The van der Waals surface area contributed by atoms with E-state index < -0.39 is 0 Å². The van der Waals surface area contributed by atoms with Gasteiger partial charge in [0, 0.05) is 37.8 Å². The van der Waals surface area contributed by atoms with Crippen molar-refractivity contribution in [3.63, 3.8) is 0 Å². The van der Waals surface area contributed by atoms with Crippen molar-refractivity contribution in [2.75, 3.05) is 39.8 Å². The molecule has 2 unspecified atom stereocenters. The summed E-state index contributed by atoms with van der Waals surface area (Å²) in [6, 6.07) is 10.2. The summed E-state index contributed by atoms with van der Waals surface area (Å²) in [6.45, 7) is 5.58. The number of para-hydroxylation sites is 1. The van der Waals surface area contributed by atoms with Gasteiger partial charge in [0.05, 0.1) is 12.1 Å². The molecular weight excluding hydrogens is 262 g/mol. The fourth-order valence-electron chi connectivity index (χ4n) is 3.89. The Morgan fingerprint density at radius 2 is 1.76 bits per heavy atom. The van der Waals surface area contributed by atoms with Crippen LogP contribution in [0.2, 0.25) is 0 Å². The first-order valence-corrected chi connectivity index (χ1v) is 8.24. The minimum Gasteiger partial charge on any atom is -0.492 e. The number of likely N-dealkylation sites (N-methyl/N-ethyl adjacent to an activating group) is 1. The summed E-state index contributed by atoms with van der Waals surface area (Å²) in [4.78, 5) is 5.29. The van der Waals surface area contributed by atoms with Crippen molar-refractivity contribution in [3.8, 4) is 5.75 Å². The van der Waals surface area contributed by atoms with Gasteiger partial charge in [0.1, 0.15) is 12.4 Å². The minimum absolute atomic E-state index is 0.377. The van der Waals surface area contributed by atoms with E-state index >= 15 is 0 Å². The fraction of sp³-hybridized carbons (Fsp3) is 0.647. The highest BCUT2D eigenvalue weighted by molar-refractivity contribution is 5.38. The molecule has 1 aromatic rings. The summed E-state index contributed by atoms with van der Waals surface area (Å²) in [6.07, 6.45) is 2.83. The van der Waals surface area contributed by atoms with Gasteiger partial charge in [-0.3, -0.25) is 9.80 Å². The Morgan fingerprint density at radius 3 is 2.48 bits per heavy atom. The molecule has 4 nitrogen and oxygen atoms in total. The molecule has 1 aliphatic carbocycles. The average molecular weight is 287 g/mol. The van der Waals surface area contributed by atoms with E-state index in [2.05, 4.69) is 46.4 Å². The van der Waals surface area contributed by atoms with E-state index in [9.17, 15) is 0 Å². The number of rotatable bonds is 3. The van der Waals surface area contributed by atoms with E-state index in [1.165, 1.54) is 44.6 Å². The molecule has 21 heavy (non-hydrogen) atoms. The lowest BCUT2D eigenvalue weighted by atomic mass is 9.94. The summed E-state index contributed by atoms with van der Waals surface area (Å²) < 4.78 is 6.01. The molecule has 1 N–H and O–H groups in total. The SMILES string of the molecule is CNC1c2ccccc2OCC1N1CCN(C2CC2)CC1. The van der Waals surface area contributed by atoms with Crippen molar-refractivity contribution in [3.05, 3.63) is 29.8 Å². The minimum atomic E-state index is 0.377. The highest BCUT2D eigenvalue weighted by Crippen LogP contribution is 2.35. The van der Waals surface area contributed by atoms with Crippen LogP contribution >= 0.6 is 0 Å². The van der Waals surface area contributed by atoms with Crippen LogP contribution in [0.25, 0.3) is 0 Å². The first-order valence-electron chi connectivity index (χ1n) is 8.24. The lowest BCUT2D eigenvalue weighted by molar-refractivity contribution is 0.0411. The van der Waals surface area contributed by atoms with Crippen LogP contribution in [0.1, 0.15) is 24.4 Å². The first kappa shape index (κ1) is 13.6. The van der Waals surface area contributed by atoms with Gasteiger partial charge in [0.2, 0.25) is 0 Å². The summed E-state index contributed by atoms with van der Waals surface area (Å²) in [5, 5.41) is 3.52. The number of piperazine rings is 1. The van der Waals surface area contributed by atoms with Crippen LogP contribution in [-0.2, 0) is 0 Å². The van der Waals surface area contributed by atoms with Crippen LogP contribution in [0.5, 0.6) is 5.75 Å². The number of nitrogens with one attached hydrogen (secondary N) is 1. The Bertz CT molecular complexity index is 495. The lowest BCUT2D eigenvalue weighted by Gasteiger charge is -2.44. The van der Waals surface area contributed by atoms with Crippen LogP contribution in [0.15, 0.2) is 24.3 Å². The molecule has 4 heteroatoms. The number of fused-ring (bicyclic) bond motifs is 1. The molecule has 2 aliphatic heterocycles. The van der Waals surface area contributed by atoms with Crippen LogP contribution in [0.4, 0.5) is 0 Å². The number of hydrogen-bond acceptors (Lipinski definition) is 4. The molecular formula is C17H25N3O. The van der Waals surface area contributed by atoms with Crippen molar-refractivity contribution in [2.24, 2.45) is 0 Å². The summed E-state index contributed by atoms with van der Waals surface area (Å²) in [5.41, 5.74) is 1.31. The van der Waals surface area contributed by atoms with Gasteiger partial charge < -0.3 is 10.1 Å². The van der Waals surface area contributed by atoms with Crippen molar-refractivity contribution in [2.45, 2.75) is 31.0 Å². The zero-order valence-corrected chi connectivity index (χ0v) is 12.8. The van der Waals surface area contributed by atoms with Crippen molar-refractivity contribution < 1.29 is 4.74 Å². The second kappa shape index (κ2) is 5.59. The number of nitrogens with zero attached hydrogens (tertiary/aromatic N) is 2. The van der Waals surface area contributed by atoms with E-state index in [1.54, 1.807) is 0 Å². The van der Waals surface area contributed by atoms with E-state index in [-0.39, 0.29) is 0 Å². The standard InChI is InChI=1S/C17H25N3O/c1-18-17-14-4-2-3-5-16(14)21-12-15(17)20-10-8-19(9-11-20)13-6-7-13/h2-5,13,15,17-18H,6-12H2,1H3. The van der Waals surface area contributed by atoms with Gasteiger partial charge in [-0.05, 0) is 26.0 Å². The Hall–Kier alpha value is -1.10. The summed E-state index contributed by atoms with van der Waals surface area (Å²) >= 11 is 0. The third-order valence-corrected chi connectivity index (χ3v) is 5.24. The molecule has 3 aliphatic rings. The van der Waals surface area contributed by atoms with Crippen molar-refractivity contribution in [1.29, 1.82) is 0 Å². The molecule has 0 amide bonds. The average Bonchev–Trinajstić information content (AvgIpc) is 3.39. The zero-order valence-electron chi connectivity index (χ0n) is 12.8. The molecule has 2 atom stereocenters. The molecule has 0 spiro atoms. The number of hydrogen-bond donors (Lipinski definition) is 1. The third kappa shape index (κ3) is 2.56. The first-order chi connectivity index (χ1) is 10.4. The zero-order chi connectivity index (χ0) is 14.2. The van der Waals surface area contributed by atoms with Crippen molar-refractivity contribution in [1.82, 2.24) is 15.1 Å². The van der Waals surface area contributed by atoms with Gasteiger partial charge in [0.25, 0.3) is 0 Å². The van der Waals surface area contributed by atoms with Crippen LogP contribution in [0.3, 0.4) is 0 Å². The van der Waals surface area contributed by atoms with Crippen molar-refractivity contribution >= 4 is 0 Å². The quantitative estimate of drug-likeness (QED) is 0.911. The van der Waals surface area contributed by atoms with Gasteiger partial charge >= 0.3 is 0 Å². The van der Waals surface area contributed by atoms with Gasteiger partial charge in [-0.15, -0.1) is 0 Å². The number of benzene rings is 1. The van der Waals surface area contributed by atoms with Gasteiger partial charge in [-0.2, -0.15) is 0 Å².